The van der Waals surface area contributed by atoms with E-state index in [-0.39, 0.29) is 0 Å². The molecule has 0 radical (unpaired) electrons. The molecule has 9 aromatic carbocycles. The van der Waals surface area contributed by atoms with Crippen LogP contribution in [0.4, 0.5) is 0 Å². The Bertz CT molecular complexity index is 4240. The van der Waals surface area contributed by atoms with Gasteiger partial charge in [0, 0.05) is 61.7 Å². The van der Waals surface area contributed by atoms with E-state index in [4.69, 9.17) is 15.0 Å². The standard InChI is InChI=1S/C63H40N6/c1-4-16-41(17-5-1)54-40-61(66-63(65-54)42-18-6-2-7-19-42)69-56-27-13-11-25-50(56)52-38-45(30-33-58(52)69)44-29-32-57-51(37-44)49-24-10-12-26-55(49)68(57)48-23-14-20-43(36-48)46-31-34-59-53(39-46)62-60(28-15-35-64-62)67(59)47-21-8-3-9-22-47/h1-40H. The normalized spacial score (nSPS) is 11.8. The van der Waals surface area contributed by atoms with E-state index in [1.165, 1.54) is 27.1 Å². The summed E-state index contributed by atoms with van der Waals surface area (Å²) >= 11 is 0. The third kappa shape index (κ3) is 6.30. The van der Waals surface area contributed by atoms with Gasteiger partial charge in [0.15, 0.2) is 5.82 Å². The summed E-state index contributed by atoms with van der Waals surface area (Å²) < 4.78 is 7.01. The summed E-state index contributed by atoms with van der Waals surface area (Å²) in [5, 5.41) is 5.89. The summed E-state index contributed by atoms with van der Waals surface area (Å²) in [4.78, 5) is 15.2. The Morgan fingerprint density at radius 2 is 0.754 bits per heavy atom. The van der Waals surface area contributed by atoms with Crippen LogP contribution in [-0.2, 0) is 0 Å². The first-order valence-electron chi connectivity index (χ1n) is 23.3. The Hall–Kier alpha value is -9.39. The van der Waals surface area contributed by atoms with Crippen molar-refractivity contribution < 1.29 is 0 Å². The summed E-state index contributed by atoms with van der Waals surface area (Å²) in [7, 11) is 0. The molecule has 0 aliphatic heterocycles. The molecule has 6 nitrogen and oxygen atoms in total. The summed E-state index contributed by atoms with van der Waals surface area (Å²) in [5.74, 6) is 1.52. The second-order valence-electron chi connectivity index (χ2n) is 17.7. The highest BCUT2D eigenvalue weighted by atomic mass is 15.1. The van der Waals surface area contributed by atoms with E-state index < -0.39 is 0 Å². The maximum absolute atomic E-state index is 5.25. The number of pyridine rings is 1. The number of hydrogen-bond acceptors (Lipinski definition) is 3. The zero-order chi connectivity index (χ0) is 45.4. The molecule has 0 N–H and O–H groups in total. The number of nitrogens with zero attached hydrogens (tertiary/aromatic N) is 6. The molecule has 0 bridgehead atoms. The molecule has 0 amide bonds. The van der Waals surface area contributed by atoms with Crippen LogP contribution in [0, 0.1) is 0 Å². The van der Waals surface area contributed by atoms with Crippen molar-refractivity contribution in [1.82, 2.24) is 28.7 Å². The van der Waals surface area contributed by atoms with Gasteiger partial charge in [0.05, 0.1) is 44.3 Å². The summed E-state index contributed by atoms with van der Waals surface area (Å²) in [5.41, 5.74) is 17.5. The number of hydrogen-bond donors (Lipinski definition) is 0. The van der Waals surface area contributed by atoms with Crippen molar-refractivity contribution in [1.29, 1.82) is 0 Å². The lowest BCUT2D eigenvalue weighted by Crippen LogP contribution is -2.02. The largest absolute Gasteiger partial charge is 0.309 e. The van der Waals surface area contributed by atoms with E-state index in [1.54, 1.807) is 0 Å². The van der Waals surface area contributed by atoms with E-state index >= 15 is 0 Å². The SMILES string of the molecule is c1ccc(-c2cc(-n3c4ccccc4c4cc(-c5ccc6c(c5)c5ccccc5n6-c5cccc(-c6ccc7c(c6)c6ncccc6n7-c6ccccc6)c5)ccc43)nc(-c3ccccc3)n2)cc1. The highest BCUT2D eigenvalue weighted by molar-refractivity contribution is 6.13. The smallest absolute Gasteiger partial charge is 0.162 e. The van der Waals surface area contributed by atoms with E-state index in [0.29, 0.717) is 5.82 Å². The summed E-state index contributed by atoms with van der Waals surface area (Å²) in [6.07, 6.45) is 1.89. The van der Waals surface area contributed by atoms with Gasteiger partial charge in [0.25, 0.3) is 0 Å². The van der Waals surface area contributed by atoms with Gasteiger partial charge in [-0.1, -0.05) is 146 Å². The maximum Gasteiger partial charge on any atom is 0.162 e. The van der Waals surface area contributed by atoms with Crippen LogP contribution >= 0.6 is 0 Å². The number of benzene rings is 9. The van der Waals surface area contributed by atoms with Gasteiger partial charge in [0.2, 0.25) is 0 Å². The Labute approximate surface area is 397 Å². The van der Waals surface area contributed by atoms with Crippen LogP contribution in [0.3, 0.4) is 0 Å². The van der Waals surface area contributed by atoms with Crippen molar-refractivity contribution in [3.8, 4) is 62.1 Å². The van der Waals surface area contributed by atoms with Crippen LogP contribution < -0.4 is 0 Å². The summed E-state index contributed by atoms with van der Waals surface area (Å²) in [6.45, 7) is 0. The predicted molar refractivity (Wildman–Crippen MR) is 285 cm³/mol. The lowest BCUT2D eigenvalue weighted by atomic mass is 10.0. The number of fused-ring (bicyclic) bond motifs is 9. The number of rotatable bonds is 7. The van der Waals surface area contributed by atoms with Gasteiger partial charge in [-0.3, -0.25) is 9.55 Å². The Morgan fingerprint density at radius 1 is 0.275 bits per heavy atom. The molecule has 0 spiro atoms. The van der Waals surface area contributed by atoms with Crippen molar-refractivity contribution >= 4 is 65.5 Å². The van der Waals surface area contributed by atoms with Crippen molar-refractivity contribution in [3.63, 3.8) is 0 Å². The molecular weight excluding hydrogens is 841 g/mol. The van der Waals surface area contributed by atoms with Gasteiger partial charge in [-0.2, -0.15) is 0 Å². The average Bonchev–Trinajstić information content (AvgIpc) is 4.06. The molecule has 0 saturated heterocycles. The number of aromatic nitrogens is 6. The molecule has 0 aliphatic carbocycles. The van der Waals surface area contributed by atoms with Gasteiger partial charge < -0.3 is 9.13 Å². The molecule has 6 heteroatoms. The first-order chi connectivity index (χ1) is 34.2. The highest BCUT2D eigenvalue weighted by Crippen LogP contribution is 2.40. The fourth-order valence-electron chi connectivity index (χ4n) is 10.5. The first kappa shape index (κ1) is 38.8. The third-order valence-corrected chi connectivity index (χ3v) is 13.7. The molecule has 0 unspecified atom stereocenters. The minimum Gasteiger partial charge on any atom is -0.309 e. The number of para-hydroxylation sites is 3. The van der Waals surface area contributed by atoms with Crippen LogP contribution in [0.5, 0.6) is 0 Å². The Balaban J connectivity index is 0.881. The zero-order valence-corrected chi connectivity index (χ0v) is 37.3. The zero-order valence-electron chi connectivity index (χ0n) is 37.3. The molecule has 5 heterocycles. The van der Waals surface area contributed by atoms with Crippen LogP contribution in [0.15, 0.2) is 243 Å². The lowest BCUT2D eigenvalue weighted by Gasteiger charge is -2.12. The first-order valence-corrected chi connectivity index (χ1v) is 23.3. The monoisotopic (exact) mass is 880 g/mol. The topological polar surface area (TPSA) is 53.5 Å². The minimum absolute atomic E-state index is 0.691. The van der Waals surface area contributed by atoms with Gasteiger partial charge in [-0.15, -0.1) is 0 Å². The van der Waals surface area contributed by atoms with E-state index in [9.17, 15) is 0 Å². The van der Waals surface area contributed by atoms with E-state index in [1.807, 2.05) is 36.5 Å². The van der Waals surface area contributed by atoms with Crippen molar-refractivity contribution in [2.75, 3.05) is 0 Å². The van der Waals surface area contributed by atoms with Gasteiger partial charge in [-0.25, -0.2) is 9.97 Å². The molecule has 322 valence electrons. The van der Waals surface area contributed by atoms with Gasteiger partial charge in [-0.05, 0) is 107 Å². The second-order valence-corrected chi connectivity index (χ2v) is 17.7. The van der Waals surface area contributed by atoms with Gasteiger partial charge in [0.1, 0.15) is 5.82 Å². The van der Waals surface area contributed by atoms with E-state index in [2.05, 4.69) is 220 Å². The van der Waals surface area contributed by atoms with Gasteiger partial charge >= 0.3 is 0 Å². The lowest BCUT2D eigenvalue weighted by molar-refractivity contribution is 1.05. The fraction of sp³-hybridized carbons (Fsp3) is 0. The highest BCUT2D eigenvalue weighted by Gasteiger charge is 2.20. The van der Waals surface area contributed by atoms with Crippen molar-refractivity contribution in [2.24, 2.45) is 0 Å². The molecule has 14 aromatic rings. The van der Waals surface area contributed by atoms with Crippen LogP contribution in [0.2, 0.25) is 0 Å². The molecular formula is C63H40N6. The fourth-order valence-corrected chi connectivity index (χ4v) is 10.5. The minimum atomic E-state index is 0.691. The molecule has 14 rings (SSSR count). The predicted octanol–water partition coefficient (Wildman–Crippen LogP) is 15.8. The maximum atomic E-state index is 5.25. The molecule has 0 aliphatic rings. The molecule has 69 heavy (non-hydrogen) atoms. The van der Waals surface area contributed by atoms with E-state index in [0.717, 1.165) is 94.8 Å². The third-order valence-electron chi connectivity index (χ3n) is 13.7. The molecule has 5 aromatic heterocycles. The quantitative estimate of drug-likeness (QED) is 0.160. The van der Waals surface area contributed by atoms with Crippen molar-refractivity contribution in [2.45, 2.75) is 0 Å². The molecule has 0 atom stereocenters. The molecule has 0 fully saturated rings. The summed E-state index contributed by atoms with van der Waals surface area (Å²) in [6, 6.07) is 84.3. The van der Waals surface area contributed by atoms with Crippen LogP contribution in [0.1, 0.15) is 0 Å². The second kappa shape index (κ2) is 15.6. The average molecular weight is 881 g/mol. The van der Waals surface area contributed by atoms with Crippen LogP contribution in [0.25, 0.3) is 128 Å². The van der Waals surface area contributed by atoms with Crippen LogP contribution in [-0.4, -0.2) is 28.7 Å². The Kier molecular flexibility index (Phi) is 8.79. The molecule has 0 saturated carbocycles. The Morgan fingerprint density at radius 3 is 1.43 bits per heavy atom. The van der Waals surface area contributed by atoms with Crippen molar-refractivity contribution in [3.05, 3.63) is 243 Å².